The first kappa shape index (κ1) is 14.5. The fourth-order valence-electron chi connectivity index (χ4n) is 1.97. The molecule has 3 rings (SSSR count). The number of anilines is 2. The van der Waals surface area contributed by atoms with E-state index in [2.05, 4.69) is 15.6 Å². The summed E-state index contributed by atoms with van der Waals surface area (Å²) in [4.78, 5) is 27.5. The number of amides is 2. The molecule has 0 saturated heterocycles. The van der Waals surface area contributed by atoms with Crippen molar-refractivity contribution in [3.05, 3.63) is 53.3 Å². The molecule has 2 N–H and O–H groups in total. The van der Waals surface area contributed by atoms with Gasteiger partial charge in [0.05, 0.1) is 0 Å². The van der Waals surface area contributed by atoms with Gasteiger partial charge in [0.15, 0.2) is 0 Å². The van der Waals surface area contributed by atoms with E-state index < -0.39 is 0 Å². The molecule has 5 nitrogen and oxygen atoms in total. The van der Waals surface area contributed by atoms with E-state index >= 15 is 0 Å². The standard InChI is InChI=1S/C16H14ClN3O2/c17-14-9-11(7-8-18-14)16(22)20-13-5-3-12(4-6-13)19-15(21)10-1-2-10/h3-10H,1-2H2,(H,19,21)(H,20,22). The Kier molecular flexibility index (Phi) is 4.06. The summed E-state index contributed by atoms with van der Waals surface area (Å²) >= 11 is 5.76. The summed E-state index contributed by atoms with van der Waals surface area (Å²) in [6.45, 7) is 0. The number of hydrogen-bond donors (Lipinski definition) is 2. The Labute approximate surface area is 132 Å². The van der Waals surface area contributed by atoms with Crippen molar-refractivity contribution in [3.63, 3.8) is 0 Å². The lowest BCUT2D eigenvalue weighted by atomic mass is 10.2. The maximum atomic E-state index is 12.1. The Morgan fingerprint density at radius 2 is 1.68 bits per heavy atom. The molecule has 1 aromatic carbocycles. The van der Waals surface area contributed by atoms with E-state index in [1.165, 1.54) is 12.3 Å². The summed E-state index contributed by atoms with van der Waals surface area (Å²) in [6.07, 6.45) is 3.41. The number of nitrogens with zero attached hydrogens (tertiary/aromatic N) is 1. The predicted molar refractivity (Wildman–Crippen MR) is 85.0 cm³/mol. The second kappa shape index (κ2) is 6.15. The smallest absolute Gasteiger partial charge is 0.255 e. The fraction of sp³-hybridized carbons (Fsp3) is 0.188. The molecule has 2 aromatic rings. The molecule has 1 heterocycles. The second-order valence-electron chi connectivity index (χ2n) is 5.16. The molecule has 0 spiro atoms. The van der Waals surface area contributed by atoms with Crippen LogP contribution in [0.5, 0.6) is 0 Å². The van der Waals surface area contributed by atoms with Gasteiger partial charge in [0.25, 0.3) is 5.91 Å². The summed E-state index contributed by atoms with van der Waals surface area (Å²) in [5.74, 6) is -0.0434. The summed E-state index contributed by atoms with van der Waals surface area (Å²) < 4.78 is 0. The normalized spacial score (nSPS) is 13.5. The molecule has 1 fully saturated rings. The van der Waals surface area contributed by atoms with E-state index in [9.17, 15) is 9.59 Å². The monoisotopic (exact) mass is 315 g/mol. The molecule has 0 bridgehead atoms. The highest BCUT2D eigenvalue weighted by Crippen LogP contribution is 2.30. The van der Waals surface area contributed by atoms with Gasteiger partial charge >= 0.3 is 0 Å². The third-order valence-electron chi connectivity index (χ3n) is 3.35. The quantitative estimate of drug-likeness (QED) is 0.850. The van der Waals surface area contributed by atoms with Crippen LogP contribution in [-0.2, 0) is 4.79 Å². The van der Waals surface area contributed by atoms with Crippen molar-refractivity contribution >= 4 is 34.8 Å². The maximum absolute atomic E-state index is 12.1. The predicted octanol–water partition coefficient (Wildman–Crippen LogP) is 3.34. The minimum Gasteiger partial charge on any atom is -0.326 e. The van der Waals surface area contributed by atoms with Gasteiger partial charge in [-0.15, -0.1) is 0 Å². The van der Waals surface area contributed by atoms with Gasteiger partial charge in [-0.3, -0.25) is 9.59 Å². The average molecular weight is 316 g/mol. The van der Waals surface area contributed by atoms with Crippen molar-refractivity contribution in [1.82, 2.24) is 4.98 Å². The zero-order chi connectivity index (χ0) is 15.5. The van der Waals surface area contributed by atoms with Crippen molar-refractivity contribution < 1.29 is 9.59 Å². The molecule has 0 aliphatic heterocycles. The molecule has 22 heavy (non-hydrogen) atoms. The van der Waals surface area contributed by atoms with Crippen molar-refractivity contribution in [2.45, 2.75) is 12.8 Å². The average Bonchev–Trinajstić information content (AvgIpc) is 3.34. The molecule has 1 aliphatic rings. The van der Waals surface area contributed by atoms with Crippen LogP contribution in [0, 0.1) is 5.92 Å². The lowest BCUT2D eigenvalue weighted by Gasteiger charge is -2.08. The lowest BCUT2D eigenvalue weighted by Crippen LogP contribution is -2.14. The van der Waals surface area contributed by atoms with Crippen LogP contribution < -0.4 is 10.6 Å². The highest BCUT2D eigenvalue weighted by Gasteiger charge is 2.29. The van der Waals surface area contributed by atoms with Gasteiger partial charge < -0.3 is 10.6 Å². The Hall–Kier alpha value is -2.40. The zero-order valence-corrected chi connectivity index (χ0v) is 12.4. The highest BCUT2D eigenvalue weighted by molar-refractivity contribution is 6.29. The summed E-state index contributed by atoms with van der Waals surface area (Å²) in [6, 6.07) is 10.1. The number of benzene rings is 1. The molecular weight excluding hydrogens is 302 g/mol. The first-order valence-corrected chi connectivity index (χ1v) is 7.33. The topological polar surface area (TPSA) is 71.1 Å². The van der Waals surface area contributed by atoms with E-state index in [0.717, 1.165) is 18.5 Å². The van der Waals surface area contributed by atoms with Crippen molar-refractivity contribution in [1.29, 1.82) is 0 Å². The van der Waals surface area contributed by atoms with Crippen LogP contribution in [0.4, 0.5) is 11.4 Å². The summed E-state index contributed by atoms with van der Waals surface area (Å²) in [5, 5.41) is 5.88. The van der Waals surface area contributed by atoms with Gasteiger partial charge in [0.2, 0.25) is 5.91 Å². The third-order valence-corrected chi connectivity index (χ3v) is 3.55. The third kappa shape index (κ3) is 3.62. The van der Waals surface area contributed by atoms with E-state index in [1.807, 2.05) is 0 Å². The largest absolute Gasteiger partial charge is 0.326 e. The van der Waals surface area contributed by atoms with Crippen molar-refractivity contribution in [2.24, 2.45) is 5.92 Å². The van der Waals surface area contributed by atoms with E-state index in [0.29, 0.717) is 11.3 Å². The minimum atomic E-state index is -0.265. The lowest BCUT2D eigenvalue weighted by molar-refractivity contribution is -0.117. The number of rotatable bonds is 4. The van der Waals surface area contributed by atoms with Crippen LogP contribution in [0.1, 0.15) is 23.2 Å². The Bertz CT molecular complexity index is 712. The molecule has 0 atom stereocenters. The van der Waals surface area contributed by atoms with Gasteiger partial charge in [-0.2, -0.15) is 0 Å². The van der Waals surface area contributed by atoms with Gasteiger partial charge in [-0.1, -0.05) is 11.6 Å². The minimum absolute atomic E-state index is 0.0585. The Morgan fingerprint density at radius 3 is 2.27 bits per heavy atom. The summed E-state index contributed by atoms with van der Waals surface area (Å²) in [5.41, 5.74) is 1.80. The first-order chi connectivity index (χ1) is 10.6. The van der Waals surface area contributed by atoms with Crippen LogP contribution in [0.3, 0.4) is 0 Å². The highest BCUT2D eigenvalue weighted by atomic mass is 35.5. The molecule has 1 aromatic heterocycles. The molecule has 112 valence electrons. The van der Waals surface area contributed by atoms with Gasteiger partial charge in [-0.25, -0.2) is 4.98 Å². The van der Waals surface area contributed by atoms with Crippen LogP contribution in [0.2, 0.25) is 5.15 Å². The van der Waals surface area contributed by atoms with Crippen molar-refractivity contribution in [2.75, 3.05) is 10.6 Å². The molecule has 0 radical (unpaired) electrons. The van der Waals surface area contributed by atoms with E-state index in [-0.39, 0.29) is 22.9 Å². The van der Waals surface area contributed by atoms with E-state index in [4.69, 9.17) is 11.6 Å². The van der Waals surface area contributed by atoms with Gasteiger partial charge in [-0.05, 0) is 49.2 Å². The number of carbonyl (C=O) groups excluding carboxylic acids is 2. The van der Waals surface area contributed by atoms with E-state index in [1.54, 1.807) is 30.3 Å². The fourth-order valence-corrected chi connectivity index (χ4v) is 2.15. The molecule has 1 aliphatic carbocycles. The summed E-state index contributed by atoms with van der Waals surface area (Å²) in [7, 11) is 0. The number of halogens is 1. The van der Waals surface area contributed by atoms with Crippen LogP contribution >= 0.6 is 11.6 Å². The number of aromatic nitrogens is 1. The van der Waals surface area contributed by atoms with Crippen LogP contribution in [0.15, 0.2) is 42.6 Å². The maximum Gasteiger partial charge on any atom is 0.255 e. The van der Waals surface area contributed by atoms with Gasteiger partial charge in [0.1, 0.15) is 5.15 Å². The molecule has 0 unspecified atom stereocenters. The SMILES string of the molecule is O=C(Nc1ccc(NC(=O)C2CC2)cc1)c1ccnc(Cl)c1. The molecule has 6 heteroatoms. The first-order valence-electron chi connectivity index (χ1n) is 6.95. The van der Waals surface area contributed by atoms with Gasteiger partial charge in [0, 0.05) is 29.1 Å². The zero-order valence-electron chi connectivity index (χ0n) is 11.7. The molecular formula is C16H14ClN3O2. The van der Waals surface area contributed by atoms with Crippen LogP contribution in [-0.4, -0.2) is 16.8 Å². The molecule has 2 amide bonds. The molecule has 1 saturated carbocycles. The van der Waals surface area contributed by atoms with Crippen molar-refractivity contribution in [3.8, 4) is 0 Å². The number of carbonyl (C=O) groups is 2. The second-order valence-corrected chi connectivity index (χ2v) is 5.55. The van der Waals surface area contributed by atoms with Crippen LogP contribution in [0.25, 0.3) is 0 Å². The number of hydrogen-bond acceptors (Lipinski definition) is 3. The number of nitrogens with one attached hydrogen (secondary N) is 2. The number of pyridine rings is 1. The Morgan fingerprint density at radius 1 is 1.05 bits per heavy atom. The Balaban J connectivity index is 1.63.